The quantitative estimate of drug-likeness (QED) is 0.235. The Kier molecular flexibility index (Phi) is 6.91. The lowest BCUT2D eigenvalue weighted by Gasteiger charge is -2.19. The molecule has 5 nitrogen and oxygen atoms in total. The summed E-state index contributed by atoms with van der Waals surface area (Å²) < 4.78 is 9.24. The van der Waals surface area contributed by atoms with Gasteiger partial charge in [0, 0.05) is 29.9 Å². The number of imidazole rings is 1. The Hall–Kier alpha value is -3.12. The van der Waals surface area contributed by atoms with Gasteiger partial charge in [-0.2, -0.15) is 0 Å². The van der Waals surface area contributed by atoms with Gasteiger partial charge in [0.25, 0.3) is 0 Å². The van der Waals surface area contributed by atoms with Crippen LogP contribution in [-0.4, -0.2) is 28.6 Å². The van der Waals surface area contributed by atoms with Gasteiger partial charge in [-0.3, -0.25) is 4.79 Å². The average Bonchev–Trinajstić information content (AvgIpc) is 3.42. The summed E-state index contributed by atoms with van der Waals surface area (Å²) in [5.41, 5.74) is 5.57. The van der Waals surface area contributed by atoms with Crippen molar-refractivity contribution >= 4 is 38.6 Å². The molecule has 1 atom stereocenters. The Bertz CT molecular complexity index is 1360. The molecule has 0 spiro atoms. The van der Waals surface area contributed by atoms with Crippen molar-refractivity contribution < 1.29 is 9.53 Å². The van der Waals surface area contributed by atoms with Crippen molar-refractivity contribution in [2.75, 3.05) is 18.1 Å². The first-order valence-corrected chi connectivity index (χ1v) is 13.0. The van der Waals surface area contributed by atoms with E-state index >= 15 is 0 Å². The summed E-state index contributed by atoms with van der Waals surface area (Å²) in [5, 5.41) is 0. The first-order valence-electron chi connectivity index (χ1n) is 12.2. The number of aromatic nitrogens is 2. The third-order valence-electron chi connectivity index (χ3n) is 6.84. The molecule has 0 radical (unpaired) electrons. The Labute approximate surface area is 214 Å². The van der Waals surface area contributed by atoms with Crippen LogP contribution in [-0.2, 0) is 11.3 Å². The zero-order chi connectivity index (χ0) is 24.4. The van der Waals surface area contributed by atoms with E-state index in [9.17, 15) is 4.79 Å². The fraction of sp³-hybridized carbons (Fsp3) is 0.310. The van der Waals surface area contributed by atoms with Crippen LogP contribution in [0.5, 0.6) is 5.75 Å². The molecule has 0 N–H and O–H groups in total. The van der Waals surface area contributed by atoms with Crippen LogP contribution in [0.2, 0.25) is 0 Å². The Balaban J connectivity index is 1.29. The molecule has 1 aromatic heterocycles. The van der Waals surface area contributed by atoms with Crippen LogP contribution in [0.4, 0.5) is 5.69 Å². The minimum Gasteiger partial charge on any atom is -0.494 e. The minimum absolute atomic E-state index is 0.0637. The standard InChI is InChI=1S/C29H30BrN3O2/c1-20-13-14-23(17-21(20)2)35-16-8-7-15-32-27-12-6-4-10-25(27)31-29(32)22-18-28(34)33(19-22)26-11-5-3-9-24(26)30/h3-6,9-14,17,22H,7-8,15-16,18-19H2,1-2H3. The van der Waals surface area contributed by atoms with Crippen LogP contribution in [0.3, 0.4) is 0 Å². The molecule has 1 aliphatic rings. The number of hydrogen-bond acceptors (Lipinski definition) is 3. The number of benzene rings is 3. The van der Waals surface area contributed by atoms with Crippen molar-refractivity contribution in [1.82, 2.24) is 9.55 Å². The molecule has 5 rings (SSSR count). The molecule has 35 heavy (non-hydrogen) atoms. The maximum atomic E-state index is 13.0. The van der Waals surface area contributed by atoms with Crippen molar-refractivity contribution in [3.8, 4) is 5.75 Å². The summed E-state index contributed by atoms with van der Waals surface area (Å²) in [4.78, 5) is 19.8. The third kappa shape index (κ3) is 4.98. The van der Waals surface area contributed by atoms with Gasteiger partial charge in [-0.25, -0.2) is 4.98 Å². The summed E-state index contributed by atoms with van der Waals surface area (Å²) in [6.07, 6.45) is 2.40. The van der Waals surface area contributed by atoms with Gasteiger partial charge >= 0.3 is 0 Å². The SMILES string of the molecule is Cc1ccc(OCCCCn2c(C3CC(=O)N(c4ccccc4Br)C3)nc3ccccc32)cc1C. The molecule has 180 valence electrons. The number of para-hydroxylation sites is 3. The highest BCUT2D eigenvalue weighted by Crippen LogP contribution is 2.36. The summed E-state index contributed by atoms with van der Waals surface area (Å²) in [7, 11) is 0. The first kappa shape index (κ1) is 23.6. The number of unbranched alkanes of at least 4 members (excludes halogenated alkanes) is 1. The number of fused-ring (bicyclic) bond motifs is 1. The molecule has 6 heteroatoms. The average molecular weight is 532 g/mol. The predicted octanol–water partition coefficient (Wildman–Crippen LogP) is 6.80. The monoisotopic (exact) mass is 531 g/mol. The van der Waals surface area contributed by atoms with E-state index in [1.165, 1.54) is 11.1 Å². The van der Waals surface area contributed by atoms with Crippen LogP contribution in [0.1, 0.15) is 42.1 Å². The zero-order valence-electron chi connectivity index (χ0n) is 20.2. The van der Waals surface area contributed by atoms with Gasteiger partial charge in [0.2, 0.25) is 5.91 Å². The highest BCUT2D eigenvalue weighted by Gasteiger charge is 2.35. The summed E-state index contributed by atoms with van der Waals surface area (Å²) in [5.74, 6) is 2.14. The second kappa shape index (κ2) is 10.2. The smallest absolute Gasteiger partial charge is 0.227 e. The number of amides is 1. The van der Waals surface area contributed by atoms with Gasteiger partial charge in [-0.05, 0) is 90.1 Å². The minimum atomic E-state index is 0.0637. The molecule has 3 aromatic carbocycles. The van der Waals surface area contributed by atoms with E-state index in [2.05, 4.69) is 64.7 Å². The lowest BCUT2D eigenvalue weighted by Crippen LogP contribution is -2.25. The number of ether oxygens (including phenoxy) is 1. The van der Waals surface area contributed by atoms with Crippen molar-refractivity contribution in [3.63, 3.8) is 0 Å². The second-order valence-corrected chi connectivity index (χ2v) is 10.1. The molecule has 2 heterocycles. The van der Waals surface area contributed by atoms with E-state index in [4.69, 9.17) is 9.72 Å². The zero-order valence-corrected chi connectivity index (χ0v) is 21.8. The Morgan fingerprint density at radius 2 is 1.80 bits per heavy atom. The number of carbonyl (C=O) groups is 1. The second-order valence-electron chi connectivity index (χ2n) is 9.27. The van der Waals surface area contributed by atoms with E-state index in [0.717, 1.165) is 52.2 Å². The van der Waals surface area contributed by atoms with Gasteiger partial charge < -0.3 is 14.2 Å². The van der Waals surface area contributed by atoms with Crippen LogP contribution in [0.15, 0.2) is 71.2 Å². The molecular weight excluding hydrogens is 502 g/mol. The van der Waals surface area contributed by atoms with Crippen LogP contribution >= 0.6 is 15.9 Å². The van der Waals surface area contributed by atoms with Gasteiger partial charge in [-0.15, -0.1) is 0 Å². The fourth-order valence-corrected chi connectivity index (χ4v) is 5.29. The number of hydrogen-bond donors (Lipinski definition) is 0. The largest absolute Gasteiger partial charge is 0.494 e. The highest BCUT2D eigenvalue weighted by molar-refractivity contribution is 9.10. The molecule has 1 saturated heterocycles. The highest BCUT2D eigenvalue weighted by atomic mass is 79.9. The normalized spacial score (nSPS) is 15.8. The first-order chi connectivity index (χ1) is 17.0. The van der Waals surface area contributed by atoms with Crippen molar-refractivity contribution in [2.24, 2.45) is 0 Å². The molecule has 4 aromatic rings. The maximum absolute atomic E-state index is 13.0. The van der Waals surface area contributed by atoms with E-state index < -0.39 is 0 Å². The van der Waals surface area contributed by atoms with E-state index in [1.807, 2.05) is 41.3 Å². The number of halogens is 1. The molecule has 1 amide bonds. The molecular formula is C29H30BrN3O2. The van der Waals surface area contributed by atoms with E-state index in [1.54, 1.807) is 0 Å². The van der Waals surface area contributed by atoms with Gasteiger partial charge in [0.1, 0.15) is 11.6 Å². The van der Waals surface area contributed by atoms with Crippen molar-refractivity contribution in [3.05, 3.63) is 88.2 Å². The number of aryl methyl sites for hydroxylation is 3. The van der Waals surface area contributed by atoms with Crippen LogP contribution < -0.4 is 9.64 Å². The van der Waals surface area contributed by atoms with Crippen molar-refractivity contribution in [1.29, 1.82) is 0 Å². The topological polar surface area (TPSA) is 47.4 Å². The summed E-state index contributed by atoms with van der Waals surface area (Å²) in [6.45, 7) is 6.40. The molecule has 1 aliphatic heterocycles. The van der Waals surface area contributed by atoms with Crippen LogP contribution in [0.25, 0.3) is 11.0 Å². The Morgan fingerprint density at radius 1 is 1.00 bits per heavy atom. The summed E-state index contributed by atoms with van der Waals surface area (Å²) >= 11 is 3.60. The van der Waals surface area contributed by atoms with Crippen molar-refractivity contribution in [2.45, 2.75) is 45.6 Å². The van der Waals surface area contributed by atoms with Crippen LogP contribution in [0, 0.1) is 13.8 Å². The molecule has 1 unspecified atom stereocenters. The number of carbonyl (C=O) groups excluding carboxylic acids is 1. The molecule has 0 aliphatic carbocycles. The fourth-order valence-electron chi connectivity index (χ4n) is 4.79. The number of rotatable bonds is 8. The van der Waals surface area contributed by atoms with E-state index in [-0.39, 0.29) is 11.8 Å². The Morgan fingerprint density at radius 3 is 2.63 bits per heavy atom. The van der Waals surface area contributed by atoms with Gasteiger partial charge in [0.15, 0.2) is 0 Å². The molecule has 1 fully saturated rings. The van der Waals surface area contributed by atoms with Gasteiger partial charge in [-0.1, -0.05) is 30.3 Å². The third-order valence-corrected chi connectivity index (χ3v) is 7.51. The van der Waals surface area contributed by atoms with E-state index in [0.29, 0.717) is 19.6 Å². The molecule has 0 saturated carbocycles. The molecule has 0 bridgehead atoms. The summed E-state index contributed by atoms with van der Waals surface area (Å²) in [6, 6.07) is 22.4. The predicted molar refractivity (Wildman–Crippen MR) is 144 cm³/mol. The lowest BCUT2D eigenvalue weighted by atomic mass is 10.1. The number of nitrogens with zero attached hydrogens (tertiary/aromatic N) is 3. The lowest BCUT2D eigenvalue weighted by molar-refractivity contribution is -0.117. The van der Waals surface area contributed by atoms with Gasteiger partial charge in [0.05, 0.1) is 23.3 Å². The maximum Gasteiger partial charge on any atom is 0.227 e. The number of anilines is 1.